The Balaban J connectivity index is 1.59. The van der Waals surface area contributed by atoms with E-state index in [9.17, 15) is 9.59 Å². The van der Waals surface area contributed by atoms with Crippen LogP contribution in [0.25, 0.3) is 0 Å². The molecule has 25 heavy (non-hydrogen) atoms. The molecule has 1 fully saturated rings. The van der Waals surface area contributed by atoms with Crippen LogP contribution in [0.5, 0.6) is 0 Å². The Morgan fingerprint density at radius 3 is 2.88 bits per heavy atom. The highest BCUT2D eigenvalue weighted by molar-refractivity contribution is 5.93. The van der Waals surface area contributed by atoms with E-state index in [-0.39, 0.29) is 11.5 Å². The van der Waals surface area contributed by atoms with Crippen LogP contribution in [0, 0.1) is 0 Å². The maximum Gasteiger partial charge on any atom is 0.255 e. The Labute approximate surface area is 147 Å². The Kier molecular flexibility index (Phi) is 5.60. The third-order valence-electron chi connectivity index (χ3n) is 4.78. The molecule has 1 aliphatic rings. The van der Waals surface area contributed by atoms with Crippen molar-refractivity contribution in [1.82, 2.24) is 19.8 Å². The molecule has 1 atom stereocenters. The topological polar surface area (TPSA) is 69.3 Å². The molecule has 0 aliphatic carbocycles. The van der Waals surface area contributed by atoms with Gasteiger partial charge in [0, 0.05) is 44.1 Å². The van der Waals surface area contributed by atoms with Crippen LogP contribution in [-0.4, -0.2) is 51.9 Å². The number of amides is 1. The number of nitrogens with zero attached hydrogens (tertiary/aromatic N) is 3. The zero-order chi connectivity index (χ0) is 17.6. The Morgan fingerprint density at radius 2 is 2.16 bits per heavy atom. The largest absolute Gasteiger partial charge is 0.339 e. The van der Waals surface area contributed by atoms with Gasteiger partial charge in [0.1, 0.15) is 0 Å². The van der Waals surface area contributed by atoms with Crippen molar-refractivity contribution < 1.29 is 4.79 Å². The van der Waals surface area contributed by atoms with Crippen molar-refractivity contribution in [2.75, 3.05) is 20.1 Å². The number of aromatic amines is 1. The molecule has 0 bridgehead atoms. The van der Waals surface area contributed by atoms with E-state index in [1.54, 1.807) is 6.07 Å². The summed E-state index contributed by atoms with van der Waals surface area (Å²) in [6, 6.07) is 9.41. The molecule has 6 nitrogen and oxygen atoms in total. The van der Waals surface area contributed by atoms with Gasteiger partial charge in [-0.25, -0.2) is 0 Å². The normalized spacial score (nSPS) is 18.2. The van der Waals surface area contributed by atoms with Crippen molar-refractivity contribution in [1.29, 1.82) is 0 Å². The molecule has 0 saturated carbocycles. The summed E-state index contributed by atoms with van der Waals surface area (Å²) in [5.41, 5.74) is 1.42. The number of pyridine rings is 2. The number of nitrogens with one attached hydrogen (secondary N) is 1. The maximum absolute atomic E-state index is 12.6. The first-order valence-electron chi connectivity index (χ1n) is 8.71. The molecule has 2 aromatic heterocycles. The van der Waals surface area contributed by atoms with Crippen molar-refractivity contribution in [3.63, 3.8) is 0 Å². The van der Waals surface area contributed by atoms with Gasteiger partial charge in [0.25, 0.3) is 5.91 Å². The SMILES string of the molecule is CN(Cc1ccccn1)[C@H]1CCCN(C(=O)c2ccc(=O)[nH]c2)CC1. The molecule has 132 valence electrons. The summed E-state index contributed by atoms with van der Waals surface area (Å²) in [5, 5.41) is 0. The highest BCUT2D eigenvalue weighted by Gasteiger charge is 2.24. The number of aromatic nitrogens is 2. The Morgan fingerprint density at radius 1 is 1.28 bits per heavy atom. The van der Waals surface area contributed by atoms with Crippen LogP contribution in [0.3, 0.4) is 0 Å². The fraction of sp³-hybridized carbons (Fsp3) is 0.421. The summed E-state index contributed by atoms with van der Waals surface area (Å²) in [6.45, 7) is 2.31. The molecule has 1 aliphatic heterocycles. The summed E-state index contributed by atoms with van der Waals surface area (Å²) < 4.78 is 0. The molecule has 0 unspecified atom stereocenters. The smallest absolute Gasteiger partial charge is 0.255 e. The third kappa shape index (κ3) is 4.54. The van der Waals surface area contributed by atoms with Gasteiger partial charge in [-0.1, -0.05) is 6.07 Å². The Bertz CT molecular complexity index is 739. The molecule has 3 heterocycles. The van der Waals surface area contributed by atoms with E-state index in [0.29, 0.717) is 11.6 Å². The molecule has 0 spiro atoms. The first-order valence-corrected chi connectivity index (χ1v) is 8.71. The predicted molar refractivity (Wildman–Crippen MR) is 96.3 cm³/mol. The molecular formula is C19H24N4O2. The summed E-state index contributed by atoms with van der Waals surface area (Å²) in [7, 11) is 2.12. The summed E-state index contributed by atoms with van der Waals surface area (Å²) >= 11 is 0. The van der Waals surface area contributed by atoms with Gasteiger partial charge < -0.3 is 9.88 Å². The van der Waals surface area contributed by atoms with Crippen molar-refractivity contribution in [3.8, 4) is 0 Å². The maximum atomic E-state index is 12.6. The second-order valence-corrected chi connectivity index (χ2v) is 6.55. The molecule has 1 amide bonds. The zero-order valence-electron chi connectivity index (χ0n) is 14.5. The van der Waals surface area contributed by atoms with Crippen molar-refractivity contribution in [3.05, 3.63) is 64.3 Å². The molecule has 0 aromatic carbocycles. The number of hydrogen-bond acceptors (Lipinski definition) is 4. The van der Waals surface area contributed by atoms with Gasteiger partial charge in [-0.05, 0) is 44.5 Å². The van der Waals surface area contributed by atoms with E-state index in [1.807, 2.05) is 29.3 Å². The van der Waals surface area contributed by atoms with Crippen LogP contribution in [-0.2, 0) is 6.54 Å². The average molecular weight is 340 g/mol. The first-order chi connectivity index (χ1) is 12.1. The summed E-state index contributed by atoms with van der Waals surface area (Å²) in [4.78, 5) is 34.9. The van der Waals surface area contributed by atoms with Crippen LogP contribution >= 0.6 is 0 Å². The number of hydrogen-bond donors (Lipinski definition) is 1. The summed E-state index contributed by atoms with van der Waals surface area (Å²) in [6.07, 6.45) is 6.31. The fourth-order valence-electron chi connectivity index (χ4n) is 3.33. The van der Waals surface area contributed by atoms with Gasteiger partial charge >= 0.3 is 0 Å². The van der Waals surface area contributed by atoms with Crippen molar-refractivity contribution >= 4 is 5.91 Å². The lowest BCUT2D eigenvalue weighted by Crippen LogP contribution is -2.35. The highest BCUT2D eigenvalue weighted by atomic mass is 16.2. The van der Waals surface area contributed by atoms with Gasteiger partial charge in [0.05, 0.1) is 11.3 Å². The standard InChI is InChI=1S/C19H24N4O2/c1-22(14-16-5-2-3-10-20-16)17-6-4-11-23(12-9-17)19(25)15-7-8-18(24)21-13-15/h2-3,5,7-8,10,13,17H,4,6,9,11-12,14H2,1H3,(H,21,24)/t17-/m0/s1. The predicted octanol–water partition coefficient (Wildman–Crippen LogP) is 1.90. The monoisotopic (exact) mass is 340 g/mol. The molecule has 1 N–H and O–H groups in total. The van der Waals surface area contributed by atoms with Crippen LogP contribution < -0.4 is 5.56 Å². The third-order valence-corrected chi connectivity index (χ3v) is 4.78. The van der Waals surface area contributed by atoms with Gasteiger partial charge in [-0.15, -0.1) is 0 Å². The lowest BCUT2D eigenvalue weighted by Gasteiger charge is -2.27. The van der Waals surface area contributed by atoms with E-state index >= 15 is 0 Å². The molecule has 2 aromatic rings. The van der Waals surface area contributed by atoms with E-state index in [0.717, 1.165) is 44.6 Å². The molecule has 3 rings (SSSR count). The zero-order valence-corrected chi connectivity index (χ0v) is 14.5. The average Bonchev–Trinajstić information content (AvgIpc) is 2.89. The summed E-state index contributed by atoms with van der Waals surface area (Å²) in [5.74, 6) is -0.00993. The number of likely N-dealkylation sites (tertiary alicyclic amines) is 1. The van der Waals surface area contributed by atoms with Crippen molar-refractivity contribution in [2.24, 2.45) is 0 Å². The molecule has 0 radical (unpaired) electrons. The minimum absolute atomic E-state index is 0.00993. The van der Waals surface area contributed by atoms with E-state index in [1.165, 1.54) is 12.3 Å². The second kappa shape index (κ2) is 8.07. The Hall–Kier alpha value is -2.47. The fourth-order valence-corrected chi connectivity index (χ4v) is 3.33. The number of carbonyl (C=O) groups is 1. The quantitative estimate of drug-likeness (QED) is 0.923. The number of carbonyl (C=O) groups excluding carboxylic acids is 1. The molecule has 1 saturated heterocycles. The lowest BCUT2D eigenvalue weighted by molar-refractivity contribution is 0.0757. The molecule has 6 heteroatoms. The van der Waals surface area contributed by atoms with Crippen LogP contribution in [0.2, 0.25) is 0 Å². The van der Waals surface area contributed by atoms with Crippen LogP contribution in [0.4, 0.5) is 0 Å². The number of rotatable bonds is 4. The van der Waals surface area contributed by atoms with Crippen molar-refractivity contribution in [2.45, 2.75) is 31.8 Å². The molecular weight excluding hydrogens is 316 g/mol. The first kappa shape index (κ1) is 17.4. The highest BCUT2D eigenvalue weighted by Crippen LogP contribution is 2.18. The van der Waals surface area contributed by atoms with Crippen LogP contribution in [0.1, 0.15) is 35.3 Å². The van der Waals surface area contributed by atoms with E-state index in [2.05, 4.69) is 21.9 Å². The van der Waals surface area contributed by atoms with E-state index in [4.69, 9.17) is 0 Å². The number of H-pyrrole nitrogens is 1. The van der Waals surface area contributed by atoms with Gasteiger partial charge in [-0.3, -0.25) is 19.5 Å². The minimum Gasteiger partial charge on any atom is -0.339 e. The van der Waals surface area contributed by atoms with Crippen LogP contribution in [0.15, 0.2) is 47.5 Å². The second-order valence-electron chi connectivity index (χ2n) is 6.55. The minimum atomic E-state index is -0.191. The van der Waals surface area contributed by atoms with Gasteiger partial charge in [0.15, 0.2) is 0 Å². The van der Waals surface area contributed by atoms with E-state index < -0.39 is 0 Å². The van der Waals surface area contributed by atoms with Gasteiger partial charge in [0.2, 0.25) is 5.56 Å². The lowest BCUT2D eigenvalue weighted by atomic mass is 10.1. The van der Waals surface area contributed by atoms with Gasteiger partial charge in [-0.2, -0.15) is 0 Å².